The average molecular weight is 226 g/mol. The molecule has 0 unspecified atom stereocenters. The lowest BCUT2D eigenvalue weighted by Crippen LogP contribution is -2.04. The van der Waals surface area contributed by atoms with Gasteiger partial charge in [-0.15, -0.1) is 0 Å². The van der Waals surface area contributed by atoms with Crippen LogP contribution in [0.3, 0.4) is 0 Å². The molecule has 17 heavy (non-hydrogen) atoms. The quantitative estimate of drug-likeness (QED) is 0.742. The Kier molecular flexibility index (Phi) is 2.18. The fourth-order valence-electron chi connectivity index (χ4n) is 2.19. The first kappa shape index (κ1) is 10.3. The van der Waals surface area contributed by atoms with Crippen molar-refractivity contribution in [1.29, 1.82) is 0 Å². The molecule has 0 spiro atoms. The maximum Gasteiger partial charge on any atom is 0.160 e. The molecular formula is C15H14O2. The predicted molar refractivity (Wildman–Crippen MR) is 68.0 cm³/mol. The van der Waals surface area contributed by atoms with E-state index >= 15 is 0 Å². The van der Waals surface area contributed by atoms with Crippen molar-refractivity contribution in [2.75, 3.05) is 0 Å². The summed E-state index contributed by atoms with van der Waals surface area (Å²) in [5.74, 6) is 1.54. The minimum atomic E-state index is 0.160. The van der Waals surface area contributed by atoms with E-state index in [1.165, 1.54) is 0 Å². The molecule has 0 bridgehead atoms. The Balaban J connectivity index is 2.19. The molecule has 0 saturated carbocycles. The van der Waals surface area contributed by atoms with E-state index in [2.05, 4.69) is 26.0 Å². The summed E-state index contributed by atoms with van der Waals surface area (Å²) in [7, 11) is 0. The lowest BCUT2D eigenvalue weighted by atomic mass is 9.95. The fourth-order valence-corrected chi connectivity index (χ4v) is 2.19. The number of carbonyl (C=O) groups is 1. The Labute approximate surface area is 99.9 Å². The molecular weight excluding hydrogens is 212 g/mol. The minimum absolute atomic E-state index is 0.160. The minimum Gasteiger partial charge on any atom is -0.461 e. The van der Waals surface area contributed by atoms with Crippen molar-refractivity contribution in [3.8, 4) is 0 Å². The van der Waals surface area contributed by atoms with Gasteiger partial charge in [0.2, 0.25) is 0 Å². The molecule has 0 radical (unpaired) electrons. The largest absolute Gasteiger partial charge is 0.461 e. The van der Waals surface area contributed by atoms with Crippen LogP contribution in [0, 0.1) is 0 Å². The first-order chi connectivity index (χ1) is 8.13. The monoisotopic (exact) mass is 226 g/mol. The third kappa shape index (κ3) is 1.70. The SMILES string of the molecule is CC(C)c1cc2cc3c(cc2o1)CC(=O)C=C3. The van der Waals surface area contributed by atoms with Gasteiger partial charge in [-0.2, -0.15) is 0 Å². The first-order valence-corrected chi connectivity index (χ1v) is 5.91. The van der Waals surface area contributed by atoms with E-state index in [1.54, 1.807) is 6.08 Å². The maximum atomic E-state index is 11.4. The van der Waals surface area contributed by atoms with Gasteiger partial charge in [-0.05, 0) is 35.4 Å². The average Bonchev–Trinajstić information content (AvgIpc) is 2.68. The van der Waals surface area contributed by atoms with E-state index in [1.807, 2.05) is 12.1 Å². The van der Waals surface area contributed by atoms with Crippen LogP contribution in [0.2, 0.25) is 0 Å². The van der Waals surface area contributed by atoms with Crippen LogP contribution >= 0.6 is 0 Å². The lowest BCUT2D eigenvalue weighted by molar-refractivity contribution is -0.114. The topological polar surface area (TPSA) is 30.2 Å². The Morgan fingerprint density at radius 1 is 1.18 bits per heavy atom. The highest BCUT2D eigenvalue weighted by Crippen LogP contribution is 2.29. The second-order valence-electron chi connectivity index (χ2n) is 4.87. The Hall–Kier alpha value is -1.83. The molecule has 2 nitrogen and oxygen atoms in total. The molecule has 3 rings (SSSR count). The normalized spacial score (nSPS) is 14.6. The van der Waals surface area contributed by atoms with Crippen molar-refractivity contribution >= 4 is 22.8 Å². The molecule has 0 amide bonds. The van der Waals surface area contributed by atoms with Crippen LogP contribution in [-0.2, 0) is 11.2 Å². The summed E-state index contributed by atoms with van der Waals surface area (Å²) >= 11 is 0. The van der Waals surface area contributed by atoms with Gasteiger partial charge in [0.15, 0.2) is 5.78 Å². The molecule has 86 valence electrons. The molecule has 1 aromatic heterocycles. The number of allylic oxidation sites excluding steroid dienone is 1. The summed E-state index contributed by atoms with van der Waals surface area (Å²) in [5.41, 5.74) is 3.08. The summed E-state index contributed by atoms with van der Waals surface area (Å²) < 4.78 is 5.80. The molecule has 1 heterocycles. The van der Waals surface area contributed by atoms with Crippen LogP contribution in [0.4, 0.5) is 0 Å². The second-order valence-corrected chi connectivity index (χ2v) is 4.87. The number of benzene rings is 1. The third-order valence-corrected chi connectivity index (χ3v) is 3.18. The highest BCUT2D eigenvalue weighted by Gasteiger charge is 2.14. The summed E-state index contributed by atoms with van der Waals surface area (Å²) in [6.45, 7) is 4.22. The summed E-state index contributed by atoms with van der Waals surface area (Å²) in [6, 6.07) is 6.19. The Bertz CT molecular complexity index is 630. The molecule has 1 aromatic carbocycles. The van der Waals surface area contributed by atoms with Crippen molar-refractivity contribution in [2.45, 2.75) is 26.2 Å². The number of hydrogen-bond donors (Lipinski definition) is 0. The van der Waals surface area contributed by atoms with Crippen LogP contribution in [0.5, 0.6) is 0 Å². The van der Waals surface area contributed by atoms with Gasteiger partial charge < -0.3 is 4.42 Å². The van der Waals surface area contributed by atoms with Gasteiger partial charge in [0.05, 0.1) is 0 Å². The van der Waals surface area contributed by atoms with Crippen LogP contribution < -0.4 is 0 Å². The van der Waals surface area contributed by atoms with E-state index in [4.69, 9.17) is 4.42 Å². The van der Waals surface area contributed by atoms with Crippen molar-refractivity contribution in [3.05, 3.63) is 41.2 Å². The number of carbonyl (C=O) groups excluding carboxylic acids is 1. The van der Waals surface area contributed by atoms with Gasteiger partial charge in [-0.3, -0.25) is 4.79 Å². The number of hydrogen-bond acceptors (Lipinski definition) is 2. The zero-order valence-corrected chi connectivity index (χ0v) is 9.99. The highest BCUT2D eigenvalue weighted by molar-refractivity contribution is 6.00. The number of fused-ring (bicyclic) bond motifs is 2. The molecule has 1 aliphatic carbocycles. The van der Waals surface area contributed by atoms with Crippen molar-refractivity contribution in [1.82, 2.24) is 0 Å². The van der Waals surface area contributed by atoms with Crippen molar-refractivity contribution < 1.29 is 9.21 Å². The van der Waals surface area contributed by atoms with Gasteiger partial charge in [-0.25, -0.2) is 0 Å². The van der Waals surface area contributed by atoms with Gasteiger partial charge in [0.1, 0.15) is 11.3 Å². The maximum absolute atomic E-state index is 11.4. The van der Waals surface area contributed by atoms with Crippen LogP contribution in [-0.4, -0.2) is 5.78 Å². The summed E-state index contributed by atoms with van der Waals surface area (Å²) in [4.78, 5) is 11.4. The molecule has 2 aromatic rings. The van der Waals surface area contributed by atoms with E-state index in [0.29, 0.717) is 12.3 Å². The fraction of sp³-hybridized carbons (Fsp3) is 0.267. The van der Waals surface area contributed by atoms with Gasteiger partial charge >= 0.3 is 0 Å². The van der Waals surface area contributed by atoms with E-state index in [9.17, 15) is 4.79 Å². The first-order valence-electron chi connectivity index (χ1n) is 5.91. The van der Waals surface area contributed by atoms with Crippen molar-refractivity contribution in [3.63, 3.8) is 0 Å². The molecule has 0 saturated heterocycles. The van der Waals surface area contributed by atoms with Gasteiger partial charge in [-0.1, -0.05) is 19.9 Å². The zero-order chi connectivity index (χ0) is 12.0. The Morgan fingerprint density at radius 2 is 2.00 bits per heavy atom. The third-order valence-electron chi connectivity index (χ3n) is 3.18. The van der Waals surface area contributed by atoms with Crippen LogP contribution in [0.1, 0.15) is 36.7 Å². The molecule has 1 aliphatic rings. The smallest absolute Gasteiger partial charge is 0.160 e. The van der Waals surface area contributed by atoms with Crippen molar-refractivity contribution in [2.24, 2.45) is 0 Å². The standard InChI is InChI=1S/C15H14O2/c1-9(2)14-8-12-5-10-3-4-13(16)6-11(10)7-15(12)17-14/h3-5,7-9H,6H2,1-2H3. The Morgan fingerprint density at radius 3 is 2.76 bits per heavy atom. The number of furan rings is 1. The van der Waals surface area contributed by atoms with Crippen LogP contribution in [0.25, 0.3) is 17.0 Å². The molecule has 2 heteroatoms. The lowest BCUT2D eigenvalue weighted by Gasteiger charge is -2.08. The van der Waals surface area contributed by atoms with E-state index in [0.717, 1.165) is 27.9 Å². The summed E-state index contributed by atoms with van der Waals surface area (Å²) in [5, 5.41) is 1.12. The number of ketones is 1. The highest BCUT2D eigenvalue weighted by atomic mass is 16.3. The predicted octanol–water partition coefficient (Wildman–Crippen LogP) is 3.69. The molecule has 0 N–H and O–H groups in total. The molecule has 0 aliphatic heterocycles. The van der Waals surface area contributed by atoms with E-state index < -0.39 is 0 Å². The number of rotatable bonds is 1. The van der Waals surface area contributed by atoms with Crippen LogP contribution in [0.15, 0.2) is 28.7 Å². The summed E-state index contributed by atoms with van der Waals surface area (Å²) in [6.07, 6.45) is 4.03. The van der Waals surface area contributed by atoms with Gasteiger partial charge in [0, 0.05) is 17.7 Å². The van der Waals surface area contributed by atoms with Gasteiger partial charge in [0.25, 0.3) is 0 Å². The van der Waals surface area contributed by atoms with E-state index in [-0.39, 0.29) is 5.78 Å². The second kappa shape index (κ2) is 3.59. The molecule has 0 fully saturated rings. The zero-order valence-electron chi connectivity index (χ0n) is 9.99. The molecule has 0 atom stereocenters.